The van der Waals surface area contributed by atoms with Crippen LogP contribution in [-0.2, 0) is 28.9 Å². The van der Waals surface area contributed by atoms with Crippen molar-refractivity contribution in [1.82, 2.24) is 5.32 Å². The van der Waals surface area contributed by atoms with Gasteiger partial charge in [-0.25, -0.2) is 13.2 Å². The summed E-state index contributed by atoms with van der Waals surface area (Å²) < 4.78 is 32.5. The largest absolute Gasteiger partial charge is 0.469 e. The summed E-state index contributed by atoms with van der Waals surface area (Å²) in [6, 6.07) is 4.12. The molecule has 0 radical (unpaired) electrons. The third kappa shape index (κ3) is 6.92. The quantitative estimate of drug-likeness (QED) is 0.526. The van der Waals surface area contributed by atoms with Crippen molar-refractivity contribution in [2.45, 2.75) is 24.7 Å². The highest BCUT2D eigenvalue weighted by Crippen LogP contribution is 2.16. The molecule has 0 aliphatic heterocycles. The molecule has 138 valence electrons. The second-order valence-electron chi connectivity index (χ2n) is 5.35. The van der Waals surface area contributed by atoms with E-state index in [0.29, 0.717) is 12.0 Å². The maximum absolute atomic E-state index is 12.0. The molecule has 0 unspecified atom stereocenters. The normalized spacial score (nSPS) is 10.8. The van der Waals surface area contributed by atoms with Gasteiger partial charge in [-0.05, 0) is 31.0 Å². The highest BCUT2D eigenvalue weighted by atomic mass is 32.2. The molecular weight excluding hydrogens is 350 g/mol. The predicted octanol–water partition coefficient (Wildman–Crippen LogP) is 0.625. The molecule has 1 aromatic rings. The first kappa shape index (κ1) is 20.6. The van der Waals surface area contributed by atoms with Gasteiger partial charge in [0.05, 0.1) is 17.6 Å². The van der Waals surface area contributed by atoms with Crippen LogP contribution in [0.25, 0.3) is 0 Å². The van der Waals surface area contributed by atoms with Crippen LogP contribution in [0, 0.1) is 6.92 Å². The highest BCUT2D eigenvalue weighted by molar-refractivity contribution is 7.90. The molecule has 1 rings (SSSR count). The van der Waals surface area contributed by atoms with Crippen LogP contribution >= 0.6 is 0 Å². The molecule has 0 saturated carbocycles. The van der Waals surface area contributed by atoms with Gasteiger partial charge < -0.3 is 14.8 Å². The lowest BCUT2D eigenvalue weighted by Gasteiger charge is -2.09. The zero-order valence-electron chi connectivity index (χ0n) is 14.3. The fraction of sp³-hybridized carbons (Fsp3) is 0.438. The van der Waals surface area contributed by atoms with Gasteiger partial charge in [-0.1, -0.05) is 6.07 Å². The van der Waals surface area contributed by atoms with Crippen molar-refractivity contribution < 1.29 is 32.3 Å². The number of methoxy groups -OCH3 is 1. The van der Waals surface area contributed by atoms with Gasteiger partial charge in [-0.2, -0.15) is 0 Å². The first-order valence-electron chi connectivity index (χ1n) is 7.46. The molecule has 1 N–H and O–H groups in total. The molecule has 8 nitrogen and oxygen atoms in total. The smallest absolute Gasteiger partial charge is 0.338 e. The number of hydrogen-bond donors (Lipinski definition) is 1. The minimum absolute atomic E-state index is 0.00249. The van der Waals surface area contributed by atoms with Crippen molar-refractivity contribution in [3.8, 4) is 0 Å². The number of esters is 2. The standard InChI is InChI=1S/C16H21NO7S/c1-11-6-7-12(25(3,21)22)9-13(11)16(20)24-10-14(18)17-8-4-5-15(19)23-2/h6-7,9H,4-5,8,10H2,1-3H3,(H,17,18). The monoisotopic (exact) mass is 371 g/mol. The molecule has 0 aromatic heterocycles. The lowest BCUT2D eigenvalue weighted by Crippen LogP contribution is -2.30. The topological polar surface area (TPSA) is 116 Å². The summed E-state index contributed by atoms with van der Waals surface area (Å²) in [5.74, 6) is -1.68. The second kappa shape index (κ2) is 9.16. The number of ether oxygens (including phenoxy) is 2. The van der Waals surface area contributed by atoms with Crippen LogP contribution in [0.4, 0.5) is 0 Å². The Morgan fingerprint density at radius 1 is 1.20 bits per heavy atom. The zero-order valence-corrected chi connectivity index (χ0v) is 15.1. The van der Waals surface area contributed by atoms with Crippen molar-refractivity contribution >= 4 is 27.7 Å². The van der Waals surface area contributed by atoms with Crippen molar-refractivity contribution in [3.05, 3.63) is 29.3 Å². The molecule has 0 spiro atoms. The molecule has 0 bridgehead atoms. The summed E-state index contributed by atoms with van der Waals surface area (Å²) >= 11 is 0. The van der Waals surface area contributed by atoms with E-state index in [1.807, 2.05) is 0 Å². The minimum atomic E-state index is -3.46. The first-order chi connectivity index (χ1) is 11.6. The minimum Gasteiger partial charge on any atom is -0.469 e. The van der Waals surface area contributed by atoms with Crippen molar-refractivity contribution in [2.75, 3.05) is 26.5 Å². The molecule has 1 aromatic carbocycles. The maximum atomic E-state index is 12.0. The van der Waals surface area contributed by atoms with Gasteiger partial charge in [0.2, 0.25) is 0 Å². The van der Waals surface area contributed by atoms with E-state index in [2.05, 4.69) is 10.1 Å². The van der Waals surface area contributed by atoms with Crippen LogP contribution < -0.4 is 5.32 Å². The number of sulfone groups is 1. The van der Waals surface area contributed by atoms with E-state index in [0.717, 1.165) is 6.26 Å². The van der Waals surface area contributed by atoms with E-state index in [1.165, 1.54) is 25.3 Å². The number of hydrogen-bond acceptors (Lipinski definition) is 7. The lowest BCUT2D eigenvalue weighted by molar-refractivity contribution is -0.140. The molecule has 0 atom stereocenters. The summed E-state index contributed by atoms with van der Waals surface area (Å²) in [4.78, 5) is 34.6. The highest BCUT2D eigenvalue weighted by Gasteiger charge is 2.16. The maximum Gasteiger partial charge on any atom is 0.338 e. The molecule has 0 aliphatic rings. The van der Waals surface area contributed by atoms with Crippen molar-refractivity contribution in [1.29, 1.82) is 0 Å². The molecule has 0 aliphatic carbocycles. The van der Waals surface area contributed by atoms with Crippen LogP contribution in [0.5, 0.6) is 0 Å². The fourth-order valence-corrected chi connectivity index (χ4v) is 2.52. The third-order valence-corrected chi connectivity index (χ3v) is 4.41. The van der Waals surface area contributed by atoms with E-state index >= 15 is 0 Å². The Bertz CT molecular complexity index is 756. The molecule has 25 heavy (non-hydrogen) atoms. The van der Waals surface area contributed by atoms with Crippen LogP contribution in [0.1, 0.15) is 28.8 Å². The SMILES string of the molecule is COC(=O)CCCNC(=O)COC(=O)c1cc(S(C)(=O)=O)ccc1C. The fourth-order valence-electron chi connectivity index (χ4n) is 1.87. The molecule has 0 saturated heterocycles. The number of aryl methyl sites for hydroxylation is 1. The summed E-state index contributed by atoms with van der Waals surface area (Å²) in [5.41, 5.74) is 0.623. The summed E-state index contributed by atoms with van der Waals surface area (Å²) in [6.45, 7) is 1.38. The van der Waals surface area contributed by atoms with E-state index in [-0.39, 0.29) is 29.4 Å². The third-order valence-electron chi connectivity index (χ3n) is 3.30. The lowest BCUT2D eigenvalue weighted by atomic mass is 10.1. The molecule has 0 heterocycles. The molecule has 0 fully saturated rings. The predicted molar refractivity (Wildman–Crippen MR) is 88.8 cm³/mol. The number of carbonyl (C=O) groups is 3. The number of nitrogens with one attached hydrogen (secondary N) is 1. The van der Waals surface area contributed by atoms with E-state index < -0.39 is 28.3 Å². The summed E-state index contributed by atoms with van der Waals surface area (Å²) in [7, 11) is -2.18. The second-order valence-corrected chi connectivity index (χ2v) is 7.37. The Labute approximate surface area is 146 Å². The summed E-state index contributed by atoms with van der Waals surface area (Å²) in [5, 5.41) is 2.50. The van der Waals surface area contributed by atoms with Gasteiger partial charge in [0, 0.05) is 19.2 Å². The molecule has 9 heteroatoms. The van der Waals surface area contributed by atoms with Gasteiger partial charge in [0.15, 0.2) is 16.4 Å². The number of carbonyl (C=O) groups excluding carboxylic acids is 3. The van der Waals surface area contributed by atoms with Crippen LogP contribution in [0.15, 0.2) is 23.1 Å². The van der Waals surface area contributed by atoms with Crippen LogP contribution in [0.3, 0.4) is 0 Å². The average Bonchev–Trinajstić information content (AvgIpc) is 2.55. The van der Waals surface area contributed by atoms with E-state index in [4.69, 9.17) is 4.74 Å². The molecular formula is C16H21NO7S. The van der Waals surface area contributed by atoms with Gasteiger partial charge in [0.25, 0.3) is 5.91 Å². The molecule has 1 amide bonds. The van der Waals surface area contributed by atoms with E-state index in [1.54, 1.807) is 6.92 Å². The van der Waals surface area contributed by atoms with Gasteiger partial charge in [-0.3, -0.25) is 9.59 Å². The number of amides is 1. The average molecular weight is 371 g/mol. The zero-order chi connectivity index (χ0) is 19.0. The Balaban J connectivity index is 2.54. The van der Waals surface area contributed by atoms with Gasteiger partial charge >= 0.3 is 11.9 Å². The Morgan fingerprint density at radius 2 is 1.88 bits per heavy atom. The van der Waals surface area contributed by atoms with Gasteiger partial charge in [0.1, 0.15) is 0 Å². The number of benzene rings is 1. The Kier molecular flexibility index (Phi) is 7.56. The van der Waals surface area contributed by atoms with Crippen molar-refractivity contribution in [2.24, 2.45) is 0 Å². The summed E-state index contributed by atoms with van der Waals surface area (Å²) in [6.07, 6.45) is 1.62. The Morgan fingerprint density at radius 3 is 2.48 bits per heavy atom. The van der Waals surface area contributed by atoms with Crippen LogP contribution in [0.2, 0.25) is 0 Å². The Hall–Kier alpha value is -2.42. The number of rotatable bonds is 8. The van der Waals surface area contributed by atoms with Gasteiger partial charge in [-0.15, -0.1) is 0 Å². The first-order valence-corrected chi connectivity index (χ1v) is 9.35. The van der Waals surface area contributed by atoms with Crippen molar-refractivity contribution in [3.63, 3.8) is 0 Å². The van der Waals surface area contributed by atoms with Crippen LogP contribution in [-0.4, -0.2) is 52.8 Å². The van der Waals surface area contributed by atoms with E-state index in [9.17, 15) is 22.8 Å².